The monoisotopic (exact) mass is 605 g/mol. The number of fused-ring (bicyclic) bond motifs is 2. The molecule has 11 nitrogen and oxygen atoms in total. The lowest BCUT2D eigenvalue weighted by atomic mass is 10.1. The summed E-state index contributed by atoms with van der Waals surface area (Å²) < 4.78 is 13.5. The second kappa shape index (κ2) is 11.7. The van der Waals surface area contributed by atoms with E-state index in [0.717, 1.165) is 33.6 Å². The molecular weight excluding hydrogens is 578 g/mol. The molecule has 7 rings (SSSR count). The average Bonchev–Trinajstić information content (AvgIpc) is 3.70. The molecule has 1 saturated heterocycles. The Kier molecular flexibility index (Phi) is 7.45. The molecule has 4 N–H and O–H groups in total. The quantitative estimate of drug-likeness (QED) is 0.237. The Morgan fingerprint density at radius 1 is 0.977 bits per heavy atom. The molecule has 5 heterocycles. The fourth-order valence-electron chi connectivity index (χ4n) is 5.29. The number of anilines is 1. The van der Waals surface area contributed by atoms with Crippen LogP contribution in [0.5, 0.6) is 0 Å². The molecule has 1 fully saturated rings. The van der Waals surface area contributed by atoms with Gasteiger partial charge in [-0.2, -0.15) is 11.8 Å². The fourth-order valence-corrected chi connectivity index (χ4v) is 6.46. The number of benzene rings is 2. The fraction of sp³-hybridized carbons (Fsp3) is 0.219. The molecule has 6 aromatic rings. The van der Waals surface area contributed by atoms with Gasteiger partial charge in [0.25, 0.3) is 0 Å². The van der Waals surface area contributed by atoms with Gasteiger partial charge in [0.1, 0.15) is 35.7 Å². The van der Waals surface area contributed by atoms with Gasteiger partial charge in [0.2, 0.25) is 0 Å². The second-order valence-corrected chi connectivity index (χ2v) is 11.4. The van der Waals surface area contributed by atoms with Crippen molar-refractivity contribution in [1.82, 2.24) is 29.7 Å². The average molecular weight is 606 g/mol. The molecule has 1 aliphatic rings. The van der Waals surface area contributed by atoms with Gasteiger partial charge in [0.15, 0.2) is 12.0 Å². The van der Waals surface area contributed by atoms with Gasteiger partial charge in [-0.15, -0.1) is 0 Å². The minimum atomic E-state index is -1.21. The number of aromatic nitrogens is 6. The van der Waals surface area contributed by atoms with Gasteiger partial charge in [0.05, 0.1) is 40.0 Å². The van der Waals surface area contributed by atoms with Crippen molar-refractivity contribution >= 4 is 39.6 Å². The molecule has 0 aliphatic carbocycles. The van der Waals surface area contributed by atoms with Crippen LogP contribution in [0.15, 0.2) is 77.8 Å². The van der Waals surface area contributed by atoms with E-state index < -0.39 is 24.5 Å². The number of aliphatic hydroxyl groups is 2. The molecule has 4 aromatic heterocycles. The summed E-state index contributed by atoms with van der Waals surface area (Å²) >= 11 is 1.57. The Morgan fingerprint density at radius 2 is 1.77 bits per heavy atom. The van der Waals surface area contributed by atoms with Crippen molar-refractivity contribution in [2.45, 2.75) is 37.2 Å². The Balaban J connectivity index is 1.12. The molecule has 0 saturated carbocycles. The molecule has 0 radical (unpaired) electrons. The third-order valence-corrected chi connectivity index (χ3v) is 8.63. The first-order chi connectivity index (χ1) is 21.5. The van der Waals surface area contributed by atoms with Gasteiger partial charge in [-0.3, -0.25) is 4.98 Å². The molecule has 220 valence electrons. The van der Waals surface area contributed by atoms with Crippen LogP contribution in [0.1, 0.15) is 28.7 Å². The number of nitrogens with two attached hydrogens (primary N) is 1. The molecule has 0 spiro atoms. The summed E-state index contributed by atoms with van der Waals surface area (Å²) in [5, 5.41) is 26.7. The van der Waals surface area contributed by atoms with Crippen LogP contribution < -0.4 is 5.73 Å². The molecule has 4 atom stereocenters. The summed E-state index contributed by atoms with van der Waals surface area (Å²) in [6.45, 7) is 1.91. The van der Waals surface area contributed by atoms with Crippen LogP contribution in [0.3, 0.4) is 0 Å². The van der Waals surface area contributed by atoms with Crippen molar-refractivity contribution in [1.29, 1.82) is 0 Å². The van der Waals surface area contributed by atoms with Crippen molar-refractivity contribution in [3.05, 3.63) is 95.8 Å². The maximum Gasteiger partial charge on any atom is 0.171 e. The molecule has 0 amide bonds. The van der Waals surface area contributed by atoms with E-state index in [1.807, 2.05) is 61.5 Å². The first-order valence-corrected chi connectivity index (χ1v) is 15.1. The highest BCUT2D eigenvalue weighted by Crippen LogP contribution is 2.37. The number of nitrogens with zero attached hydrogens (tertiary/aromatic N) is 6. The van der Waals surface area contributed by atoms with Gasteiger partial charge in [-0.25, -0.2) is 15.0 Å². The number of rotatable bonds is 6. The Bertz CT molecular complexity index is 2040. The van der Waals surface area contributed by atoms with Crippen LogP contribution in [0.2, 0.25) is 0 Å². The second-order valence-electron chi connectivity index (χ2n) is 10.4. The number of nitrogen functional groups attached to an aromatic ring is 1. The standard InChI is InChI=1S/C32H27N7O4S/c1-18-22(29(43-38-18)19-7-3-2-4-8-19)15-44-16-25-27(40)28(41)32(42-25)39-14-20(26-30(33)35-17-36-31(26)39)11-12-21-13-34-23-9-5-6-10-24(23)37-21/h2-10,13-14,17,25,27-28,32,40-41H,15-16H2,1H3,(H2,33,35,36)/t25-,27-,28-,32-/m1/s1. The summed E-state index contributed by atoms with van der Waals surface area (Å²) in [6, 6.07) is 17.4. The van der Waals surface area contributed by atoms with Gasteiger partial charge in [-0.05, 0) is 25.0 Å². The van der Waals surface area contributed by atoms with Gasteiger partial charge >= 0.3 is 0 Å². The third kappa shape index (κ3) is 5.16. The first-order valence-electron chi connectivity index (χ1n) is 13.9. The molecule has 0 bridgehead atoms. The van der Waals surface area contributed by atoms with Gasteiger partial charge in [-0.1, -0.05) is 53.5 Å². The molecule has 0 unspecified atom stereocenters. The number of para-hydroxylation sites is 2. The van der Waals surface area contributed by atoms with E-state index >= 15 is 0 Å². The molecule has 12 heteroatoms. The van der Waals surface area contributed by atoms with Crippen molar-refractivity contribution in [3.8, 4) is 23.2 Å². The summed E-state index contributed by atoms with van der Waals surface area (Å²) in [6.07, 6.45) is 0.776. The van der Waals surface area contributed by atoms with E-state index in [0.29, 0.717) is 33.8 Å². The predicted molar refractivity (Wildman–Crippen MR) is 166 cm³/mol. The lowest BCUT2D eigenvalue weighted by Gasteiger charge is -2.17. The highest BCUT2D eigenvalue weighted by molar-refractivity contribution is 7.98. The normalized spacial score (nSPS) is 19.8. The van der Waals surface area contributed by atoms with E-state index in [-0.39, 0.29) is 5.82 Å². The molecule has 1 aliphatic heterocycles. The smallest absolute Gasteiger partial charge is 0.171 e. The van der Waals surface area contributed by atoms with E-state index in [1.165, 1.54) is 6.33 Å². The molecular formula is C32H27N7O4S. The van der Waals surface area contributed by atoms with Crippen molar-refractivity contribution < 1.29 is 19.5 Å². The van der Waals surface area contributed by atoms with Crippen LogP contribution in [-0.4, -0.2) is 63.9 Å². The zero-order valence-corrected chi connectivity index (χ0v) is 24.3. The van der Waals surface area contributed by atoms with Crippen LogP contribution in [0.4, 0.5) is 5.82 Å². The third-order valence-electron chi connectivity index (χ3n) is 7.57. The predicted octanol–water partition coefficient (Wildman–Crippen LogP) is 3.87. The largest absolute Gasteiger partial charge is 0.387 e. The van der Waals surface area contributed by atoms with E-state index in [2.05, 4.69) is 36.9 Å². The number of thioether (sulfide) groups is 1. The SMILES string of the molecule is Cc1noc(-c2ccccc2)c1CSC[C@H]1O[C@@H](n2cc(C#Cc3cnc4ccccc4n3)c3c(N)ncnc32)[C@H](O)[C@@H]1O. The number of aryl methyl sites for hydroxylation is 1. The van der Waals surface area contributed by atoms with Crippen LogP contribution in [0.25, 0.3) is 33.4 Å². The zero-order chi connectivity index (χ0) is 30.2. The summed E-state index contributed by atoms with van der Waals surface area (Å²) in [4.78, 5) is 17.5. The van der Waals surface area contributed by atoms with E-state index in [9.17, 15) is 10.2 Å². The van der Waals surface area contributed by atoms with E-state index in [1.54, 1.807) is 28.7 Å². The lowest BCUT2D eigenvalue weighted by Crippen LogP contribution is -2.32. The van der Waals surface area contributed by atoms with Crippen LogP contribution in [-0.2, 0) is 10.5 Å². The van der Waals surface area contributed by atoms with Crippen molar-refractivity contribution in [2.75, 3.05) is 11.5 Å². The maximum atomic E-state index is 11.1. The Labute approximate surface area is 256 Å². The summed E-state index contributed by atoms with van der Waals surface area (Å²) in [7, 11) is 0. The topological polar surface area (TPSA) is 158 Å². The van der Waals surface area contributed by atoms with Crippen LogP contribution in [0, 0.1) is 18.8 Å². The van der Waals surface area contributed by atoms with Crippen LogP contribution >= 0.6 is 11.8 Å². The number of hydrogen-bond donors (Lipinski definition) is 3. The molecule has 2 aromatic carbocycles. The first kappa shape index (κ1) is 28.0. The minimum Gasteiger partial charge on any atom is -0.387 e. The summed E-state index contributed by atoms with van der Waals surface area (Å²) in [5.74, 6) is 8.15. The minimum absolute atomic E-state index is 0.237. The molecule has 44 heavy (non-hydrogen) atoms. The zero-order valence-electron chi connectivity index (χ0n) is 23.5. The number of hydrogen-bond acceptors (Lipinski definition) is 11. The highest BCUT2D eigenvalue weighted by Gasteiger charge is 2.44. The lowest BCUT2D eigenvalue weighted by molar-refractivity contribution is -0.0285. The summed E-state index contributed by atoms with van der Waals surface area (Å²) in [5.41, 5.74) is 12.0. The Morgan fingerprint density at radius 3 is 2.61 bits per heavy atom. The highest BCUT2D eigenvalue weighted by atomic mass is 32.2. The number of aliphatic hydroxyl groups excluding tert-OH is 2. The van der Waals surface area contributed by atoms with Crippen molar-refractivity contribution in [2.24, 2.45) is 0 Å². The van der Waals surface area contributed by atoms with Crippen molar-refractivity contribution in [3.63, 3.8) is 0 Å². The number of ether oxygens (including phenoxy) is 1. The van der Waals surface area contributed by atoms with Gasteiger partial charge < -0.3 is 29.8 Å². The van der Waals surface area contributed by atoms with Gasteiger partial charge in [0, 0.05) is 28.8 Å². The maximum absolute atomic E-state index is 11.1. The Hall–Kier alpha value is -4.80. The van der Waals surface area contributed by atoms with E-state index in [4.69, 9.17) is 15.0 Å².